The Hall–Kier alpha value is -2.48. The Bertz CT molecular complexity index is 1180. The highest BCUT2D eigenvalue weighted by Crippen LogP contribution is 2.27. The summed E-state index contributed by atoms with van der Waals surface area (Å²) >= 11 is 6.22. The third-order valence-corrected chi connectivity index (χ3v) is 7.12. The van der Waals surface area contributed by atoms with Crippen molar-refractivity contribution in [2.24, 2.45) is 0 Å². The number of amides is 1. The van der Waals surface area contributed by atoms with E-state index in [2.05, 4.69) is 10.3 Å². The number of rotatable bonds is 6. The van der Waals surface area contributed by atoms with Crippen LogP contribution in [-0.2, 0) is 10.0 Å². The van der Waals surface area contributed by atoms with Gasteiger partial charge in [-0.05, 0) is 48.9 Å². The molecule has 0 fully saturated rings. The zero-order chi connectivity index (χ0) is 21.2. The summed E-state index contributed by atoms with van der Waals surface area (Å²) in [5.74, 6) is -0.486. The van der Waals surface area contributed by atoms with Crippen LogP contribution in [0.1, 0.15) is 29.8 Å². The van der Waals surface area contributed by atoms with Gasteiger partial charge >= 0.3 is 0 Å². The molecule has 1 N–H and O–H groups in total. The molecule has 29 heavy (non-hydrogen) atoms. The van der Waals surface area contributed by atoms with Gasteiger partial charge in [0, 0.05) is 24.7 Å². The minimum absolute atomic E-state index is 0.0335. The summed E-state index contributed by atoms with van der Waals surface area (Å²) in [4.78, 5) is 17.3. The molecular formula is C21H22ClN3O3S. The van der Waals surface area contributed by atoms with Crippen molar-refractivity contribution in [3.8, 4) is 0 Å². The molecular weight excluding hydrogens is 410 g/mol. The van der Waals surface area contributed by atoms with Crippen LogP contribution in [-0.4, -0.2) is 36.7 Å². The van der Waals surface area contributed by atoms with Gasteiger partial charge in [0.25, 0.3) is 5.91 Å². The van der Waals surface area contributed by atoms with Crippen molar-refractivity contribution in [3.63, 3.8) is 0 Å². The van der Waals surface area contributed by atoms with Gasteiger partial charge in [-0.3, -0.25) is 9.78 Å². The molecule has 0 saturated heterocycles. The highest BCUT2D eigenvalue weighted by atomic mass is 35.5. The maximum absolute atomic E-state index is 12.9. The molecule has 0 atom stereocenters. The van der Waals surface area contributed by atoms with Crippen molar-refractivity contribution in [2.45, 2.75) is 25.7 Å². The van der Waals surface area contributed by atoms with Crippen molar-refractivity contribution < 1.29 is 13.2 Å². The molecule has 6 nitrogen and oxygen atoms in total. The van der Waals surface area contributed by atoms with Crippen molar-refractivity contribution in [1.29, 1.82) is 0 Å². The maximum atomic E-state index is 12.9. The molecule has 0 unspecified atom stereocenters. The Morgan fingerprint density at radius 2 is 1.86 bits per heavy atom. The minimum atomic E-state index is -3.70. The fourth-order valence-electron chi connectivity index (χ4n) is 3.16. The standard InChI is InChI=1S/C21H22ClN3O3S/c1-4-25(5-2)29(27,28)15-9-10-18(22)17(13-15)21(26)24-19-11-8-14(3)20-16(19)7-6-12-23-20/h6-13H,4-5H2,1-3H3,(H,24,26). The van der Waals surface area contributed by atoms with Crippen molar-refractivity contribution in [3.05, 3.63) is 64.8 Å². The van der Waals surface area contributed by atoms with E-state index >= 15 is 0 Å². The molecule has 0 bridgehead atoms. The number of nitrogens with zero attached hydrogens (tertiary/aromatic N) is 2. The molecule has 1 amide bonds. The van der Waals surface area contributed by atoms with Gasteiger partial charge in [0.1, 0.15) is 0 Å². The number of carbonyl (C=O) groups is 1. The van der Waals surface area contributed by atoms with Crippen LogP contribution in [0.3, 0.4) is 0 Å². The summed E-state index contributed by atoms with van der Waals surface area (Å²) in [5.41, 5.74) is 2.45. The molecule has 152 valence electrons. The van der Waals surface area contributed by atoms with Gasteiger partial charge in [-0.1, -0.05) is 31.5 Å². The van der Waals surface area contributed by atoms with E-state index in [0.29, 0.717) is 18.8 Å². The summed E-state index contributed by atoms with van der Waals surface area (Å²) < 4.78 is 26.9. The van der Waals surface area contributed by atoms with Crippen LogP contribution in [0.25, 0.3) is 10.9 Å². The summed E-state index contributed by atoms with van der Waals surface area (Å²) in [7, 11) is -3.70. The topological polar surface area (TPSA) is 79.4 Å². The van der Waals surface area contributed by atoms with Crippen molar-refractivity contribution in [2.75, 3.05) is 18.4 Å². The number of benzene rings is 2. The number of sulfonamides is 1. The Morgan fingerprint density at radius 1 is 1.14 bits per heavy atom. The lowest BCUT2D eigenvalue weighted by Crippen LogP contribution is -2.30. The molecule has 3 aromatic rings. The highest BCUT2D eigenvalue weighted by molar-refractivity contribution is 7.89. The Balaban J connectivity index is 2.00. The number of carbonyl (C=O) groups excluding carboxylic acids is 1. The van der Waals surface area contributed by atoms with Gasteiger partial charge in [0.15, 0.2) is 0 Å². The predicted octanol–water partition coefficient (Wildman–Crippen LogP) is 4.48. The first-order valence-corrected chi connectivity index (χ1v) is 11.1. The molecule has 0 aliphatic heterocycles. The maximum Gasteiger partial charge on any atom is 0.257 e. The van der Waals surface area contributed by atoms with Crippen LogP contribution in [0, 0.1) is 6.92 Å². The van der Waals surface area contributed by atoms with Gasteiger partial charge < -0.3 is 5.32 Å². The average molecular weight is 432 g/mol. The molecule has 0 aliphatic carbocycles. The number of hydrogen-bond donors (Lipinski definition) is 1. The van der Waals surface area contributed by atoms with E-state index < -0.39 is 15.9 Å². The van der Waals surface area contributed by atoms with E-state index in [1.54, 1.807) is 32.2 Å². The summed E-state index contributed by atoms with van der Waals surface area (Å²) in [6.07, 6.45) is 1.69. The van der Waals surface area contributed by atoms with E-state index in [-0.39, 0.29) is 15.5 Å². The number of pyridine rings is 1. The second-order valence-corrected chi connectivity index (χ2v) is 8.86. The molecule has 2 aromatic carbocycles. The van der Waals surface area contributed by atoms with Crippen LogP contribution in [0.5, 0.6) is 0 Å². The molecule has 1 aromatic heterocycles. The second kappa shape index (κ2) is 8.49. The third-order valence-electron chi connectivity index (χ3n) is 4.75. The zero-order valence-corrected chi connectivity index (χ0v) is 18.0. The fraction of sp³-hybridized carbons (Fsp3) is 0.238. The average Bonchev–Trinajstić information content (AvgIpc) is 2.71. The van der Waals surface area contributed by atoms with E-state index in [4.69, 9.17) is 11.6 Å². The molecule has 0 spiro atoms. The Labute approximate surface area is 175 Å². The third kappa shape index (κ3) is 4.12. The van der Waals surface area contributed by atoms with Gasteiger partial charge in [0.05, 0.1) is 26.7 Å². The second-order valence-electron chi connectivity index (χ2n) is 6.51. The van der Waals surface area contributed by atoms with E-state index in [0.717, 1.165) is 16.5 Å². The lowest BCUT2D eigenvalue weighted by Gasteiger charge is -2.19. The van der Waals surface area contributed by atoms with Crippen LogP contribution >= 0.6 is 11.6 Å². The molecule has 0 radical (unpaired) electrons. The lowest BCUT2D eigenvalue weighted by molar-refractivity contribution is 0.102. The summed E-state index contributed by atoms with van der Waals surface area (Å²) in [6, 6.07) is 11.5. The number of halogens is 1. The fourth-order valence-corrected chi connectivity index (χ4v) is 4.85. The smallest absolute Gasteiger partial charge is 0.257 e. The normalized spacial score (nSPS) is 11.8. The van der Waals surface area contributed by atoms with Crippen LogP contribution < -0.4 is 5.32 Å². The quantitative estimate of drug-likeness (QED) is 0.624. The predicted molar refractivity (Wildman–Crippen MR) is 116 cm³/mol. The minimum Gasteiger partial charge on any atom is -0.321 e. The largest absolute Gasteiger partial charge is 0.321 e. The number of fused-ring (bicyclic) bond motifs is 1. The number of anilines is 1. The van der Waals surface area contributed by atoms with E-state index in [1.807, 2.05) is 19.1 Å². The monoisotopic (exact) mass is 431 g/mol. The van der Waals surface area contributed by atoms with Crippen LogP contribution in [0.2, 0.25) is 5.02 Å². The van der Waals surface area contributed by atoms with Gasteiger partial charge in [-0.15, -0.1) is 0 Å². The number of aromatic nitrogens is 1. The SMILES string of the molecule is CCN(CC)S(=O)(=O)c1ccc(Cl)c(C(=O)Nc2ccc(C)c3ncccc23)c1. The molecule has 0 aliphatic rings. The number of aryl methyl sites for hydroxylation is 1. The van der Waals surface area contributed by atoms with Gasteiger partial charge in [-0.2, -0.15) is 4.31 Å². The first-order chi connectivity index (χ1) is 13.8. The summed E-state index contributed by atoms with van der Waals surface area (Å²) in [6.45, 7) is 6.15. The van der Waals surface area contributed by atoms with Crippen LogP contribution in [0.15, 0.2) is 53.6 Å². The molecule has 8 heteroatoms. The zero-order valence-electron chi connectivity index (χ0n) is 16.4. The Kier molecular flexibility index (Phi) is 6.21. The number of hydrogen-bond acceptors (Lipinski definition) is 4. The Morgan fingerprint density at radius 3 is 2.55 bits per heavy atom. The lowest BCUT2D eigenvalue weighted by atomic mass is 10.1. The molecule has 0 saturated carbocycles. The first kappa shape index (κ1) is 21.2. The van der Waals surface area contributed by atoms with E-state index in [1.165, 1.54) is 22.5 Å². The first-order valence-electron chi connectivity index (χ1n) is 9.25. The van der Waals surface area contributed by atoms with Crippen molar-refractivity contribution in [1.82, 2.24) is 9.29 Å². The molecule has 3 rings (SSSR count). The van der Waals surface area contributed by atoms with E-state index in [9.17, 15) is 13.2 Å². The van der Waals surface area contributed by atoms with Gasteiger partial charge in [-0.25, -0.2) is 8.42 Å². The van der Waals surface area contributed by atoms with Crippen LogP contribution in [0.4, 0.5) is 5.69 Å². The van der Waals surface area contributed by atoms with Gasteiger partial charge in [0.2, 0.25) is 10.0 Å². The molecule has 1 heterocycles. The summed E-state index contributed by atoms with van der Waals surface area (Å²) in [5, 5.41) is 3.81. The number of nitrogens with one attached hydrogen (secondary N) is 1. The van der Waals surface area contributed by atoms with Crippen molar-refractivity contribution >= 4 is 44.1 Å². The highest BCUT2D eigenvalue weighted by Gasteiger charge is 2.24.